The first-order valence-corrected chi connectivity index (χ1v) is 7.91. The van der Waals surface area contributed by atoms with Crippen molar-refractivity contribution in [3.8, 4) is 11.5 Å². The van der Waals surface area contributed by atoms with Crippen LogP contribution in [-0.2, 0) is 4.79 Å². The molecule has 4 atom stereocenters. The van der Waals surface area contributed by atoms with Crippen molar-refractivity contribution in [2.45, 2.75) is 24.3 Å². The number of aliphatic hydroxyl groups is 3. The van der Waals surface area contributed by atoms with Crippen LogP contribution in [0.15, 0.2) is 24.3 Å². The summed E-state index contributed by atoms with van der Waals surface area (Å²) in [6, 6.07) is 4.11. The highest BCUT2D eigenvalue weighted by Crippen LogP contribution is 2.25. The number of carbonyl (C=O) groups is 1. The third-order valence-corrected chi connectivity index (χ3v) is 4.15. The van der Waals surface area contributed by atoms with Gasteiger partial charge in [0.15, 0.2) is 0 Å². The molecule has 1 aliphatic heterocycles. The molecule has 0 bridgehead atoms. The van der Waals surface area contributed by atoms with Crippen molar-refractivity contribution >= 4 is 12.0 Å². The highest BCUT2D eigenvalue weighted by molar-refractivity contribution is 5.92. The molecule has 1 aromatic carbocycles. The number of nitrogens with one attached hydrogen (secondary N) is 2. The number of rotatable bonds is 7. The smallest absolute Gasteiger partial charge is 0.244 e. The van der Waals surface area contributed by atoms with Crippen LogP contribution in [0.1, 0.15) is 5.56 Å². The summed E-state index contributed by atoms with van der Waals surface area (Å²) >= 11 is 0. The molecule has 1 fully saturated rings. The number of ether oxygens (including phenoxy) is 2. The van der Waals surface area contributed by atoms with Crippen molar-refractivity contribution in [1.82, 2.24) is 10.6 Å². The molecule has 8 heteroatoms. The molecule has 1 aliphatic rings. The molecular weight excluding hydrogens is 328 g/mol. The lowest BCUT2D eigenvalue weighted by molar-refractivity contribution is -0.116. The van der Waals surface area contributed by atoms with Crippen LogP contribution in [0.5, 0.6) is 11.5 Å². The van der Waals surface area contributed by atoms with Crippen LogP contribution in [-0.4, -0.2) is 72.9 Å². The molecule has 138 valence electrons. The van der Waals surface area contributed by atoms with Crippen molar-refractivity contribution < 1.29 is 29.6 Å². The van der Waals surface area contributed by atoms with Gasteiger partial charge in [-0.1, -0.05) is 0 Å². The van der Waals surface area contributed by atoms with Gasteiger partial charge in [-0.05, 0) is 24.3 Å². The number of amides is 1. The fourth-order valence-corrected chi connectivity index (χ4v) is 2.69. The van der Waals surface area contributed by atoms with Gasteiger partial charge < -0.3 is 35.4 Å². The van der Waals surface area contributed by atoms with E-state index in [-0.39, 0.29) is 19.1 Å². The molecule has 1 amide bonds. The second-order valence-electron chi connectivity index (χ2n) is 5.73. The molecule has 0 aliphatic carbocycles. The molecule has 0 aromatic heterocycles. The van der Waals surface area contributed by atoms with E-state index in [0.717, 1.165) is 0 Å². The van der Waals surface area contributed by atoms with Crippen molar-refractivity contribution in [2.24, 2.45) is 0 Å². The number of methoxy groups -OCH3 is 2. The number of hydrogen-bond acceptors (Lipinski definition) is 7. The predicted octanol–water partition coefficient (Wildman–Crippen LogP) is -1.11. The highest BCUT2D eigenvalue weighted by atomic mass is 16.5. The van der Waals surface area contributed by atoms with E-state index in [4.69, 9.17) is 14.6 Å². The average molecular weight is 352 g/mol. The minimum absolute atomic E-state index is 0.118. The summed E-state index contributed by atoms with van der Waals surface area (Å²) in [6.45, 7) is -0.175. The van der Waals surface area contributed by atoms with Crippen molar-refractivity contribution in [1.29, 1.82) is 0 Å². The zero-order chi connectivity index (χ0) is 18.4. The quantitative estimate of drug-likeness (QED) is 0.395. The third-order valence-electron chi connectivity index (χ3n) is 4.15. The topological polar surface area (TPSA) is 120 Å². The lowest BCUT2D eigenvalue weighted by Gasteiger charge is -2.15. The van der Waals surface area contributed by atoms with Crippen LogP contribution in [0.4, 0.5) is 0 Å². The standard InChI is InChI=1S/C17H24N2O6/c1-24-11-4-5-14(25-2)10(7-11)3-6-15(21)18-8-12-16(22)17(23)13(9-20)19-12/h3-7,12-13,16-17,19-20,22-23H,8-9H2,1-2H3,(H,18,21)/b6-3+/t12-,13+,16+,17-/m0/s1. The largest absolute Gasteiger partial charge is 0.497 e. The molecule has 1 aromatic rings. The Bertz CT molecular complexity index is 621. The van der Waals surface area contributed by atoms with Gasteiger partial charge in [0.25, 0.3) is 0 Å². The third kappa shape index (κ3) is 4.70. The number of hydrogen-bond donors (Lipinski definition) is 5. The minimum Gasteiger partial charge on any atom is -0.497 e. The summed E-state index contributed by atoms with van der Waals surface area (Å²) in [5.41, 5.74) is 0.687. The van der Waals surface area contributed by atoms with E-state index in [9.17, 15) is 15.0 Å². The fourth-order valence-electron chi connectivity index (χ4n) is 2.69. The van der Waals surface area contributed by atoms with E-state index < -0.39 is 24.3 Å². The lowest BCUT2D eigenvalue weighted by atomic mass is 10.1. The van der Waals surface area contributed by atoms with E-state index >= 15 is 0 Å². The monoisotopic (exact) mass is 352 g/mol. The summed E-state index contributed by atoms with van der Waals surface area (Å²) in [4.78, 5) is 12.0. The second kappa shape index (κ2) is 8.82. The molecule has 1 heterocycles. The van der Waals surface area contributed by atoms with Gasteiger partial charge in [0, 0.05) is 18.2 Å². The Balaban J connectivity index is 1.93. The van der Waals surface area contributed by atoms with Crippen LogP contribution in [0.3, 0.4) is 0 Å². The Hall–Kier alpha value is -2.13. The molecule has 0 unspecified atom stereocenters. The van der Waals surface area contributed by atoms with Gasteiger partial charge in [-0.2, -0.15) is 0 Å². The van der Waals surface area contributed by atoms with Crippen LogP contribution in [0, 0.1) is 0 Å². The molecule has 0 saturated carbocycles. The summed E-state index contributed by atoms with van der Waals surface area (Å²) < 4.78 is 10.4. The Morgan fingerprint density at radius 3 is 2.56 bits per heavy atom. The van der Waals surface area contributed by atoms with E-state index in [1.807, 2.05) is 0 Å². The molecular formula is C17H24N2O6. The zero-order valence-electron chi connectivity index (χ0n) is 14.2. The first-order valence-electron chi connectivity index (χ1n) is 7.91. The lowest BCUT2D eigenvalue weighted by Crippen LogP contribution is -2.43. The van der Waals surface area contributed by atoms with Gasteiger partial charge >= 0.3 is 0 Å². The van der Waals surface area contributed by atoms with Crippen LogP contribution < -0.4 is 20.1 Å². The molecule has 8 nitrogen and oxygen atoms in total. The Morgan fingerprint density at radius 1 is 1.24 bits per heavy atom. The van der Waals surface area contributed by atoms with E-state index in [1.54, 1.807) is 31.4 Å². The normalized spacial score (nSPS) is 26.0. The van der Waals surface area contributed by atoms with Crippen LogP contribution >= 0.6 is 0 Å². The molecule has 5 N–H and O–H groups in total. The van der Waals surface area contributed by atoms with Crippen molar-refractivity contribution in [2.75, 3.05) is 27.4 Å². The average Bonchev–Trinajstić information content (AvgIpc) is 2.92. The summed E-state index contributed by atoms with van der Waals surface area (Å²) in [5.74, 6) is 0.885. The number of aliphatic hydroxyl groups excluding tert-OH is 3. The first-order chi connectivity index (χ1) is 12.0. The van der Waals surface area contributed by atoms with Crippen LogP contribution in [0.25, 0.3) is 6.08 Å². The Morgan fingerprint density at radius 2 is 1.96 bits per heavy atom. The fraction of sp³-hybridized carbons (Fsp3) is 0.471. The predicted molar refractivity (Wildman–Crippen MR) is 91.4 cm³/mol. The number of benzene rings is 1. The van der Waals surface area contributed by atoms with E-state index in [2.05, 4.69) is 10.6 Å². The summed E-state index contributed by atoms with van der Waals surface area (Å²) in [6.07, 6.45) is 0.822. The van der Waals surface area contributed by atoms with Gasteiger partial charge in [0.2, 0.25) is 5.91 Å². The molecule has 25 heavy (non-hydrogen) atoms. The van der Waals surface area contributed by atoms with Gasteiger partial charge in [-0.25, -0.2) is 0 Å². The summed E-state index contributed by atoms with van der Waals surface area (Å²) in [5, 5.41) is 34.2. The maximum absolute atomic E-state index is 12.0. The minimum atomic E-state index is -1.07. The molecule has 0 spiro atoms. The molecule has 1 saturated heterocycles. The first kappa shape index (κ1) is 19.2. The van der Waals surface area contributed by atoms with Gasteiger partial charge in [0.1, 0.15) is 11.5 Å². The van der Waals surface area contributed by atoms with Gasteiger partial charge in [-0.3, -0.25) is 4.79 Å². The van der Waals surface area contributed by atoms with Gasteiger partial charge in [0.05, 0.1) is 45.1 Å². The Labute approximate surface area is 146 Å². The SMILES string of the molecule is COc1ccc(OC)c(/C=C/C(=O)NC[C@@H]2N[C@H](CO)[C@H](O)[C@@H]2O)c1. The van der Waals surface area contributed by atoms with E-state index in [0.29, 0.717) is 17.1 Å². The molecule has 0 radical (unpaired) electrons. The summed E-state index contributed by atoms with van der Waals surface area (Å²) in [7, 11) is 3.09. The van der Waals surface area contributed by atoms with E-state index in [1.165, 1.54) is 13.2 Å². The molecule has 2 rings (SSSR count). The second-order valence-corrected chi connectivity index (χ2v) is 5.73. The van der Waals surface area contributed by atoms with Crippen LogP contribution in [0.2, 0.25) is 0 Å². The maximum atomic E-state index is 12.0. The van der Waals surface area contributed by atoms with Gasteiger partial charge in [-0.15, -0.1) is 0 Å². The number of carbonyl (C=O) groups excluding carboxylic acids is 1. The maximum Gasteiger partial charge on any atom is 0.244 e. The van der Waals surface area contributed by atoms with Crippen molar-refractivity contribution in [3.05, 3.63) is 29.8 Å². The highest BCUT2D eigenvalue weighted by Gasteiger charge is 2.40. The Kier molecular flexibility index (Phi) is 6.77. The van der Waals surface area contributed by atoms with Crippen molar-refractivity contribution in [3.63, 3.8) is 0 Å². The zero-order valence-corrected chi connectivity index (χ0v) is 14.2.